The van der Waals surface area contributed by atoms with Crippen molar-refractivity contribution in [1.29, 1.82) is 0 Å². The first kappa shape index (κ1) is 11.5. The fourth-order valence-corrected chi connectivity index (χ4v) is 2.58. The van der Waals surface area contributed by atoms with E-state index >= 15 is 0 Å². The second kappa shape index (κ2) is 3.95. The number of aromatic nitrogens is 4. The smallest absolute Gasteiger partial charge is 0.142 e. The van der Waals surface area contributed by atoms with Crippen LogP contribution in [-0.2, 0) is 7.05 Å². The van der Waals surface area contributed by atoms with Crippen molar-refractivity contribution in [2.24, 2.45) is 7.05 Å². The second-order valence-corrected chi connectivity index (χ2v) is 5.33. The van der Waals surface area contributed by atoms with Crippen LogP contribution in [0.3, 0.4) is 0 Å². The van der Waals surface area contributed by atoms with Crippen LogP contribution in [0, 0.1) is 13.8 Å². The topological polar surface area (TPSA) is 46.5 Å². The van der Waals surface area contributed by atoms with Gasteiger partial charge in [0.25, 0.3) is 0 Å². The van der Waals surface area contributed by atoms with Crippen LogP contribution in [0.15, 0.2) is 22.7 Å². The molecule has 0 unspecified atom stereocenters. The molecule has 18 heavy (non-hydrogen) atoms. The molecule has 0 aliphatic heterocycles. The van der Waals surface area contributed by atoms with Gasteiger partial charge in [0.1, 0.15) is 5.82 Å². The lowest BCUT2D eigenvalue weighted by Gasteiger charge is -1.96. The normalized spacial score (nSPS) is 11.3. The number of rotatable bonds is 1. The van der Waals surface area contributed by atoms with E-state index in [4.69, 9.17) is 0 Å². The van der Waals surface area contributed by atoms with E-state index in [0.717, 1.165) is 38.3 Å². The minimum Gasteiger partial charge on any atom is -0.338 e. The molecular weight excluding hydrogens is 292 g/mol. The van der Waals surface area contributed by atoms with E-state index in [1.807, 2.05) is 36.9 Å². The van der Waals surface area contributed by atoms with E-state index in [9.17, 15) is 0 Å². The second-order valence-electron chi connectivity index (χ2n) is 4.42. The van der Waals surface area contributed by atoms with Gasteiger partial charge in [-0.1, -0.05) is 15.9 Å². The summed E-state index contributed by atoms with van der Waals surface area (Å²) < 4.78 is 2.93. The summed E-state index contributed by atoms with van der Waals surface area (Å²) in [6, 6.07) is 6.03. The highest BCUT2D eigenvalue weighted by Crippen LogP contribution is 2.27. The number of hydrogen-bond donors (Lipinski definition) is 1. The van der Waals surface area contributed by atoms with Crippen LogP contribution in [-0.4, -0.2) is 19.7 Å². The van der Waals surface area contributed by atoms with E-state index in [-0.39, 0.29) is 0 Å². The molecule has 2 aromatic heterocycles. The fraction of sp³-hybridized carbons (Fsp3) is 0.231. The Hall–Kier alpha value is -1.62. The third-order valence-electron chi connectivity index (χ3n) is 3.19. The number of benzene rings is 1. The van der Waals surface area contributed by atoms with Crippen LogP contribution in [0.4, 0.5) is 0 Å². The third kappa shape index (κ3) is 1.66. The maximum Gasteiger partial charge on any atom is 0.142 e. The number of hydrogen-bond acceptors (Lipinski definition) is 2. The van der Waals surface area contributed by atoms with E-state index < -0.39 is 0 Å². The first-order chi connectivity index (χ1) is 8.56. The number of halogens is 1. The summed E-state index contributed by atoms with van der Waals surface area (Å²) in [5, 5.41) is 4.42. The minimum absolute atomic E-state index is 0.881. The largest absolute Gasteiger partial charge is 0.338 e. The molecule has 0 amide bonds. The predicted molar refractivity (Wildman–Crippen MR) is 75.5 cm³/mol. The van der Waals surface area contributed by atoms with Crippen LogP contribution in [0.1, 0.15) is 11.4 Å². The number of nitrogens with zero attached hydrogens (tertiary/aromatic N) is 3. The number of nitrogens with one attached hydrogen (secondary N) is 1. The molecule has 3 rings (SSSR count). The van der Waals surface area contributed by atoms with Crippen LogP contribution in [0.5, 0.6) is 0 Å². The molecule has 0 bridgehead atoms. The van der Waals surface area contributed by atoms with Gasteiger partial charge >= 0.3 is 0 Å². The molecule has 1 N–H and O–H groups in total. The van der Waals surface area contributed by atoms with E-state index in [2.05, 4.69) is 37.9 Å². The highest BCUT2D eigenvalue weighted by Gasteiger charge is 2.15. The van der Waals surface area contributed by atoms with Crippen LogP contribution >= 0.6 is 15.9 Å². The van der Waals surface area contributed by atoms with Crippen molar-refractivity contribution >= 4 is 27.0 Å². The van der Waals surface area contributed by atoms with Gasteiger partial charge in [-0.3, -0.25) is 4.68 Å². The molecular formula is C13H13BrN4. The summed E-state index contributed by atoms with van der Waals surface area (Å²) in [5.41, 5.74) is 5.20. The Morgan fingerprint density at radius 3 is 2.72 bits per heavy atom. The van der Waals surface area contributed by atoms with E-state index in [1.54, 1.807) is 0 Å². The molecule has 1 aromatic carbocycles. The van der Waals surface area contributed by atoms with Gasteiger partial charge < -0.3 is 4.98 Å². The van der Waals surface area contributed by atoms with Gasteiger partial charge in [-0.15, -0.1) is 0 Å². The molecule has 2 heterocycles. The number of aromatic amines is 1. The lowest BCUT2D eigenvalue weighted by atomic mass is 10.2. The first-order valence-electron chi connectivity index (χ1n) is 5.72. The molecule has 5 heteroatoms. The maximum absolute atomic E-state index is 4.63. The number of fused-ring (bicyclic) bond motifs is 1. The Morgan fingerprint density at radius 2 is 2.06 bits per heavy atom. The molecule has 0 fully saturated rings. The van der Waals surface area contributed by atoms with Crippen molar-refractivity contribution in [3.05, 3.63) is 34.1 Å². The monoisotopic (exact) mass is 304 g/mol. The molecule has 3 aromatic rings. The SMILES string of the molecule is Cc1nn(C)c(C)c1-c1nc2ccc(Br)cc2[nH]1. The summed E-state index contributed by atoms with van der Waals surface area (Å²) in [5.74, 6) is 0.881. The molecule has 0 atom stereocenters. The quantitative estimate of drug-likeness (QED) is 0.749. The number of aryl methyl sites for hydroxylation is 2. The lowest BCUT2D eigenvalue weighted by molar-refractivity contribution is 0.731. The van der Waals surface area contributed by atoms with Gasteiger partial charge in [0.2, 0.25) is 0 Å². The van der Waals surface area contributed by atoms with E-state index in [1.165, 1.54) is 0 Å². The van der Waals surface area contributed by atoms with Crippen LogP contribution in [0.25, 0.3) is 22.4 Å². The number of imidazole rings is 1. The van der Waals surface area contributed by atoms with E-state index in [0.29, 0.717) is 0 Å². The standard InChI is InChI=1S/C13H13BrN4/c1-7-12(8(2)18(3)17-7)13-15-10-5-4-9(14)6-11(10)16-13/h4-6H,1-3H3,(H,15,16). The van der Waals surface area contributed by atoms with Gasteiger partial charge in [-0.2, -0.15) is 5.10 Å². The third-order valence-corrected chi connectivity index (χ3v) is 3.68. The Bertz CT molecular complexity index is 739. The Morgan fingerprint density at radius 1 is 1.28 bits per heavy atom. The summed E-state index contributed by atoms with van der Waals surface area (Å²) in [4.78, 5) is 7.98. The van der Waals surface area contributed by atoms with Crippen molar-refractivity contribution in [3.8, 4) is 11.4 Å². The van der Waals surface area contributed by atoms with Crippen molar-refractivity contribution in [2.75, 3.05) is 0 Å². The van der Waals surface area contributed by atoms with Crippen LogP contribution in [0.2, 0.25) is 0 Å². The maximum atomic E-state index is 4.63. The van der Waals surface area contributed by atoms with Gasteiger partial charge in [0.05, 0.1) is 22.3 Å². The van der Waals surface area contributed by atoms with Gasteiger partial charge in [-0.25, -0.2) is 4.98 Å². The van der Waals surface area contributed by atoms with Gasteiger partial charge in [0.15, 0.2) is 0 Å². The summed E-state index contributed by atoms with van der Waals surface area (Å²) in [7, 11) is 1.95. The molecule has 4 nitrogen and oxygen atoms in total. The highest BCUT2D eigenvalue weighted by molar-refractivity contribution is 9.10. The van der Waals surface area contributed by atoms with Gasteiger partial charge in [-0.05, 0) is 32.0 Å². The summed E-state index contributed by atoms with van der Waals surface area (Å²) >= 11 is 3.47. The molecule has 0 saturated heterocycles. The zero-order valence-electron chi connectivity index (χ0n) is 10.5. The zero-order chi connectivity index (χ0) is 12.9. The average molecular weight is 305 g/mol. The molecule has 0 aliphatic carbocycles. The zero-order valence-corrected chi connectivity index (χ0v) is 12.0. The Balaban J connectivity index is 2.25. The van der Waals surface area contributed by atoms with Crippen molar-refractivity contribution in [2.45, 2.75) is 13.8 Å². The average Bonchev–Trinajstić information content (AvgIpc) is 2.80. The van der Waals surface area contributed by atoms with Crippen LogP contribution < -0.4 is 0 Å². The first-order valence-corrected chi connectivity index (χ1v) is 6.51. The van der Waals surface area contributed by atoms with Crippen molar-refractivity contribution < 1.29 is 0 Å². The Kier molecular flexibility index (Phi) is 2.52. The Labute approximate surface area is 113 Å². The van der Waals surface area contributed by atoms with Crippen molar-refractivity contribution in [1.82, 2.24) is 19.7 Å². The molecule has 92 valence electrons. The molecule has 0 aliphatic rings. The fourth-order valence-electron chi connectivity index (χ4n) is 2.22. The minimum atomic E-state index is 0.881. The summed E-state index contributed by atoms with van der Waals surface area (Å²) in [6.07, 6.45) is 0. The van der Waals surface area contributed by atoms with Crippen molar-refractivity contribution in [3.63, 3.8) is 0 Å². The highest BCUT2D eigenvalue weighted by atomic mass is 79.9. The lowest BCUT2D eigenvalue weighted by Crippen LogP contribution is -1.92. The van der Waals surface area contributed by atoms with Gasteiger partial charge in [0, 0.05) is 17.2 Å². The predicted octanol–water partition coefficient (Wildman–Crippen LogP) is 3.34. The summed E-state index contributed by atoms with van der Waals surface area (Å²) in [6.45, 7) is 4.06. The molecule has 0 spiro atoms. The molecule has 0 saturated carbocycles. The molecule has 0 radical (unpaired) electrons. The number of H-pyrrole nitrogens is 1.